The van der Waals surface area contributed by atoms with E-state index in [4.69, 9.17) is 4.74 Å². The van der Waals surface area contributed by atoms with Crippen LogP contribution in [0.25, 0.3) is 0 Å². The summed E-state index contributed by atoms with van der Waals surface area (Å²) in [5.74, 6) is 0.678. The fourth-order valence-corrected chi connectivity index (χ4v) is 3.17. The van der Waals surface area contributed by atoms with Crippen LogP contribution in [0.1, 0.15) is 24.8 Å². The van der Waals surface area contributed by atoms with Crippen LogP contribution in [-0.4, -0.2) is 82.7 Å². The van der Waals surface area contributed by atoms with Gasteiger partial charge >= 0.3 is 0 Å². The van der Waals surface area contributed by atoms with Crippen molar-refractivity contribution in [3.05, 3.63) is 29.8 Å². The second-order valence-corrected chi connectivity index (χ2v) is 7.42. The van der Waals surface area contributed by atoms with Crippen LogP contribution in [0.5, 0.6) is 0 Å². The third-order valence-electron chi connectivity index (χ3n) is 4.89. The highest BCUT2D eigenvalue weighted by molar-refractivity contribution is 14.0. The predicted molar refractivity (Wildman–Crippen MR) is 130 cm³/mol. The molecule has 1 aromatic carbocycles. The van der Waals surface area contributed by atoms with E-state index in [0.717, 1.165) is 19.6 Å². The van der Waals surface area contributed by atoms with E-state index in [9.17, 15) is 4.79 Å². The molecule has 0 atom stereocenters. The Morgan fingerprint density at radius 1 is 1.14 bits per heavy atom. The van der Waals surface area contributed by atoms with Crippen molar-refractivity contribution >= 4 is 41.5 Å². The molecule has 29 heavy (non-hydrogen) atoms. The van der Waals surface area contributed by atoms with E-state index in [2.05, 4.69) is 39.5 Å². The van der Waals surface area contributed by atoms with Gasteiger partial charge in [-0.05, 0) is 37.0 Å². The highest BCUT2D eigenvalue weighted by atomic mass is 127. The molecule has 8 heteroatoms. The smallest absolute Gasteiger partial charge is 0.243 e. The van der Waals surface area contributed by atoms with Gasteiger partial charge < -0.3 is 24.8 Å². The molecule has 0 radical (unpaired) electrons. The Hall–Kier alpha value is -1.55. The zero-order valence-corrected chi connectivity index (χ0v) is 20.5. The fourth-order valence-electron chi connectivity index (χ4n) is 3.17. The van der Waals surface area contributed by atoms with Crippen molar-refractivity contribution in [3.8, 4) is 0 Å². The van der Waals surface area contributed by atoms with Gasteiger partial charge in [0.1, 0.15) is 6.54 Å². The summed E-state index contributed by atoms with van der Waals surface area (Å²) < 4.78 is 5.11. The standard InChI is InChI=1S/C21H35N5O2.HI/c1-24(2)20(27)16-23-21(22-12-15-28-4)25(3)17-18-8-10-19(11-9-18)26-13-6-5-7-14-26;/h8-11H,5-7,12-17H2,1-4H3,(H,22,23);1H. The highest BCUT2D eigenvalue weighted by Crippen LogP contribution is 2.20. The maximum atomic E-state index is 11.9. The van der Waals surface area contributed by atoms with E-state index in [0.29, 0.717) is 19.1 Å². The number of nitrogens with zero attached hydrogens (tertiary/aromatic N) is 4. The van der Waals surface area contributed by atoms with Gasteiger partial charge in [0.2, 0.25) is 5.91 Å². The molecule has 1 aromatic rings. The lowest BCUT2D eigenvalue weighted by molar-refractivity contribution is -0.127. The maximum Gasteiger partial charge on any atom is 0.243 e. The van der Waals surface area contributed by atoms with Crippen LogP contribution >= 0.6 is 24.0 Å². The Balaban J connectivity index is 0.00000420. The number of carbonyl (C=O) groups is 1. The van der Waals surface area contributed by atoms with Gasteiger partial charge in [-0.25, -0.2) is 4.99 Å². The first-order chi connectivity index (χ1) is 13.5. The number of halogens is 1. The molecule has 2 rings (SSSR count). The number of anilines is 1. The summed E-state index contributed by atoms with van der Waals surface area (Å²) in [6, 6.07) is 8.77. The normalized spacial score (nSPS) is 14.2. The maximum absolute atomic E-state index is 11.9. The molecule has 1 saturated heterocycles. The molecule has 0 saturated carbocycles. The number of guanidine groups is 1. The van der Waals surface area contributed by atoms with Crippen LogP contribution in [-0.2, 0) is 16.1 Å². The van der Waals surface area contributed by atoms with E-state index >= 15 is 0 Å². The summed E-state index contributed by atoms with van der Waals surface area (Å²) in [4.78, 5) is 22.4. The van der Waals surface area contributed by atoms with Crippen LogP contribution in [0.4, 0.5) is 5.69 Å². The van der Waals surface area contributed by atoms with Crippen molar-refractivity contribution in [2.45, 2.75) is 25.8 Å². The van der Waals surface area contributed by atoms with Crippen molar-refractivity contribution in [2.75, 3.05) is 65.9 Å². The van der Waals surface area contributed by atoms with E-state index in [1.807, 2.05) is 11.9 Å². The van der Waals surface area contributed by atoms with Gasteiger partial charge in [0, 0.05) is 60.1 Å². The number of benzene rings is 1. The van der Waals surface area contributed by atoms with Crippen molar-refractivity contribution in [1.82, 2.24) is 15.1 Å². The zero-order valence-electron chi connectivity index (χ0n) is 18.2. The summed E-state index contributed by atoms with van der Waals surface area (Å²) in [5.41, 5.74) is 2.51. The largest absolute Gasteiger partial charge is 0.383 e. The van der Waals surface area contributed by atoms with Gasteiger partial charge in [0.25, 0.3) is 0 Å². The molecular weight excluding hydrogens is 481 g/mol. The Morgan fingerprint density at radius 3 is 2.38 bits per heavy atom. The van der Waals surface area contributed by atoms with E-state index < -0.39 is 0 Å². The number of nitrogens with one attached hydrogen (secondary N) is 1. The van der Waals surface area contributed by atoms with Crippen molar-refractivity contribution in [2.24, 2.45) is 4.99 Å². The van der Waals surface area contributed by atoms with Crippen LogP contribution < -0.4 is 10.2 Å². The van der Waals surface area contributed by atoms with Crippen molar-refractivity contribution < 1.29 is 9.53 Å². The zero-order chi connectivity index (χ0) is 20.4. The Labute approximate surface area is 192 Å². The Bertz CT molecular complexity index is 630. The molecule has 1 amide bonds. The van der Waals surface area contributed by atoms with Crippen molar-refractivity contribution in [3.63, 3.8) is 0 Å². The summed E-state index contributed by atoms with van der Waals surface area (Å²) >= 11 is 0. The molecule has 164 valence electrons. The van der Waals surface area contributed by atoms with Gasteiger partial charge in [0.05, 0.1) is 6.61 Å². The summed E-state index contributed by atoms with van der Waals surface area (Å²) in [5, 5.41) is 3.27. The fraction of sp³-hybridized carbons (Fsp3) is 0.619. The number of piperidine rings is 1. The molecule has 1 fully saturated rings. The molecule has 1 aliphatic heterocycles. The Morgan fingerprint density at radius 2 is 1.79 bits per heavy atom. The molecule has 1 aliphatic rings. The average molecular weight is 517 g/mol. The van der Waals surface area contributed by atoms with Gasteiger partial charge in [-0.3, -0.25) is 4.79 Å². The molecule has 0 bridgehead atoms. The molecule has 0 unspecified atom stereocenters. The van der Waals surface area contributed by atoms with Crippen molar-refractivity contribution in [1.29, 1.82) is 0 Å². The number of ether oxygens (including phenoxy) is 1. The number of amides is 1. The van der Waals surface area contributed by atoms with Gasteiger partial charge in [0.15, 0.2) is 5.96 Å². The monoisotopic (exact) mass is 517 g/mol. The number of rotatable bonds is 8. The second kappa shape index (κ2) is 13.6. The molecule has 0 spiro atoms. The van der Waals surface area contributed by atoms with Crippen LogP contribution in [0.3, 0.4) is 0 Å². The summed E-state index contributed by atoms with van der Waals surface area (Å²) in [7, 11) is 7.13. The summed E-state index contributed by atoms with van der Waals surface area (Å²) in [6.07, 6.45) is 3.90. The molecular formula is C21H36IN5O2. The minimum Gasteiger partial charge on any atom is -0.383 e. The van der Waals surface area contributed by atoms with E-state index in [1.54, 1.807) is 26.1 Å². The lowest BCUT2D eigenvalue weighted by Crippen LogP contribution is -2.41. The van der Waals surface area contributed by atoms with Crippen LogP contribution in [0.2, 0.25) is 0 Å². The third-order valence-corrected chi connectivity index (χ3v) is 4.89. The van der Waals surface area contributed by atoms with Crippen LogP contribution in [0, 0.1) is 0 Å². The second-order valence-electron chi connectivity index (χ2n) is 7.42. The van der Waals surface area contributed by atoms with E-state index in [1.165, 1.54) is 30.5 Å². The number of hydrogen-bond donors (Lipinski definition) is 1. The quantitative estimate of drug-likeness (QED) is 0.249. The molecule has 7 nitrogen and oxygen atoms in total. The molecule has 1 N–H and O–H groups in total. The molecule has 0 aliphatic carbocycles. The minimum atomic E-state index is -0.0228. The lowest BCUT2D eigenvalue weighted by atomic mass is 10.1. The number of carbonyl (C=O) groups excluding carboxylic acids is 1. The summed E-state index contributed by atoms with van der Waals surface area (Å²) in [6.45, 7) is 4.37. The minimum absolute atomic E-state index is 0. The number of methoxy groups -OCH3 is 1. The molecule has 1 heterocycles. The average Bonchev–Trinajstić information content (AvgIpc) is 2.71. The number of hydrogen-bond acceptors (Lipinski definition) is 4. The first kappa shape index (κ1) is 25.5. The predicted octanol–water partition coefficient (Wildman–Crippen LogP) is 2.41. The highest BCUT2D eigenvalue weighted by Gasteiger charge is 2.12. The third kappa shape index (κ3) is 8.77. The SMILES string of the molecule is COCCNC(=NCC(=O)N(C)C)N(C)Cc1ccc(N2CCCCC2)cc1.I. The molecule has 0 aromatic heterocycles. The lowest BCUT2D eigenvalue weighted by Gasteiger charge is -2.29. The van der Waals surface area contributed by atoms with Gasteiger partial charge in [-0.1, -0.05) is 12.1 Å². The first-order valence-corrected chi connectivity index (χ1v) is 10.0. The van der Waals surface area contributed by atoms with Gasteiger partial charge in [-0.15, -0.1) is 24.0 Å². The first-order valence-electron chi connectivity index (χ1n) is 10.0. The Kier molecular flexibility index (Phi) is 12.0. The van der Waals surface area contributed by atoms with E-state index in [-0.39, 0.29) is 36.4 Å². The van der Waals surface area contributed by atoms with Crippen LogP contribution in [0.15, 0.2) is 29.3 Å². The van der Waals surface area contributed by atoms with Gasteiger partial charge in [-0.2, -0.15) is 0 Å². The number of aliphatic imine (C=N–C) groups is 1. The number of likely N-dealkylation sites (N-methyl/N-ethyl adjacent to an activating group) is 1. The topological polar surface area (TPSA) is 60.4 Å².